The van der Waals surface area contributed by atoms with Crippen LogP contribution in [-0.2, 0) is 11.2 Å². The summed E-state index contributed by atoms with van der Waals surface area (Å²) in [6.45, 7) is 0.458. The molecule has 0 saturated heterocycles. The molecule has 0 spiro atoms. The first-order chi connectivity index (χ1) is 10.1. The lowest BCUT2D eigenvalue weighted by molar-refractivity contribution is -0.115. The summed E-state index contributed by atoms with van der Waals surface area (Å²) in [4.78, 5) is 21.8. The Morgan fingerprint density at radius 1 is 1.00 bits per heavy atom. The molecule has 0 unspecified atom stereocenters. The zero-order valence-electron chi connectivity index (χ0n) is 11.2. The number of carbonyl (C=O) groups is 2. The lowest BCUT2D eigenvalue weighted by atomic mass is 10.1. The summed E-state index contributed by atoms with van der Waals surface area (Å²) in [5.74, 6) is -0.297. The van der Waals surface area contributed by atoms with Gasteiger partial charge in [-0.05, 0) is 23.8 Å². The molecule has 2 N–H and O–H groups in total. The first-order valence-electron chi connectivity index (χ1n) is 6.58. The first kappa shape index (κ1) is 13.3. The lowest BCUT2D eigenvalue weighted by Gasteiger charge is -1.97. The fraction of sp³-hybridized carbons (Fsp3) is 0.125. The van der Waals surface area contributed by atoms with Gasteiger partial charge in [-0.15, -0.1) is 0 Å². The van der Waals surface area contributed by atoms with E-state index in [-0.39, 0.29) is 17.5 Å². The van der Waals surface area contributed by atoms with Gasteiger partial charge >= 0.3 is 0 Å². The van der Waals surface area contributed by atoms with E-state index < -0.39 is 0 Å². The number of nitrogens with one attached hydrogen (secondary N) is 2. The molecule has 1 amide bonds. The van der Waals surface area contributed by atoms with Gasteiger partial charge in [0, 0.05) is 11.3 Å². The highest BCUT2D eigenvalue weighted by Crippen LogP contribution is 2.25. The number of halogens is 1. The second kappa shape index (κ2) is 5.36. The molecule has 4 rings (SSSR count). The molecule has 2 aromatic carbocycles. The van der Waals surface area contributed by atoms with Crippen molar-refractivity contribution >= 4 is 23.1 Å². The van der Waals surface area contributed by atoms with E-state index in [1.54, 1.807) is 12.1 Å². The number of Topliss-reactive ketones (excluding diaryl/α,β-unsaturated/α-hetero) is 1. The van der Waals surface area contributed by atoms with Crippen molar-refractivity contribution in [2.24, 2.45) is 0 Å². The molecular formula is C16H13FN2O2. The molecule has 2 aromatic rings. The van der Waals surface area contributed by atoms with Gasteiger partial charge in [-0.3, -0.25) is 9.59 Å². The number of anilines is 2. The smallest absolute Gasteiger partial charge is 0.228 e. The minimum atomic E-state index is -0.353. The minimum Gasteiger partial charge on any atom is -0.377 e. The van der Waals surface area contributed by atoms with Crippen molar-refractivity contribution in [1.82, 2.24) is 0 Å². The van der Waals surface area contributed by atoms with Crippen LogP contribution < -0.4 is 10.6 Å². The van der Waals surface area contributed by atoms with Gasteiger partial charge in [-0.1, -0.05) is 24.3 Å². The standard InChI is InChI=1S/C8H6FNO.C8H7NO/c9-6-3-1-2-5-4-7(11)10-8(5)6;10-8-5-9-7-4-2-1-3-6(7)8/h1-3H,4H2,(H,10,11);1-4,9H,5H2. The number of hydrogen-bond donors (Lipinski definition) is 2. The molecule has 0 bridgehead atoms. The highest BCUT2D eigenvalue weighted by Gasteiger charge is 2.19. The molecule has 2 heterocycles. The summed E-state index contributed by atoms with van der Waals surface area (Å²) in [5.41, 5.74) is 2.88. The first-order valence-corrected chi connectivity index (χ1v) is 6.58. The van der Waals surface area contributed by atoms with Crippen molar-refractivity contribution in [2.45, 2.75) is 6.42 Å². The number of benzene rings is 2. The van der Waals surface area contributed by atoms with Gasteiger partial charge in [0.2, 0.25) is 5.91 Å². The van der Waals surface area contributed by atoms with E-state index in [4.69, 9.17) is 0 Å². The SMILES string of the molecule is O=C1CNc2ccccc21.O=C1Cc2cccc(F)c2N1. The average molecular weight is 284 g/mol. The Balaban J connectivity index is 0.000000126. The van der Waals surface area contributed by atoms with Crippen LogP contribution in [0.2, 0.25) is 0 Å². The van der Waals surface area contributed by atoms with Crippen molar-refractivity contribution in [3.05, 3.63) is 59.4 Å². The monoisotopic (exact) mass is 284 g/mol. The number of amides is 1. The van der Waals surface area contributed by atoms with Crippen molar-refractivity contribution in [1.29, 1.82) is 0 Å². The third kappa shape index (κ3) is 2.63. The van der Waals surface area contributed by atoms with Crippen LogP contribution in [0, 0.1) is 5.82 Å². The molecule has 106 valence electrons. The summed E-state index contributed by atoms with van der Waals surface area (Å²) in [7, 11) is 0. The van der Waals surface area contributed by atoms with Gasteiger partial charge < -0.3 is 10.6 Å². The fourth-order valence-corrected chi connectivity index (χ4v) is 2.36. The number of hydrogen-bond acceptors (Lipinski definition) is 3. The van der Waals surface area contributed by atoms with Crippen LogP contribution in [0.15, 0.2) is 42.5 Å². The summed E-state index contributed by atoms with van der Waals surface area (Å²) in [6.07, 6.45) is 0.299. The number of carbonyl (C=O) groups excluding carboxylic acids is 2. The normalized spacial score (nSPS) is 14.5. The molecule has 0 atom stereocenters. The maximum atomic E-state index is 12.8. The van der Waals surface area contributed by atoms with Crippen LogP contribution in [0.4, 0.5) is 15.8 Å². The topological polar surface area (TPSA) is 58.2 Å². The Labute approximate surface area is 121 Å². The molecule has 0 radical (unpaired) electrons. The molecule has 0 saturated carbocycles. The van der Waals surface area contributed by atoms with Gasteiger partial charge in [-0.25, -0.2) is 4.39 Å². The van der Waals surface area contributed by atoms with E-state index in [2.05, 4.69) is 10.6 Å². The Kier molecular flexibility index (Phi) is 3.39. The molecule has 0 aromatic heterocycles. The van der Waals surface area contributed by atoms with Gasteiger partial charge in [-0.2, -0.15) is 0 Å². The lowest BCUT2D eigenvalue weighted by Crippen LogP contribution is -2.04. The van der Waals surface area contributed by atoms with Crippen molar-refractivity contribution in [3.8, 4) is 0 Å². The summed E-state index contributed by atoms with van der Waals surface area (Å²) >= 11 is 0. The van der Waals surface area contributed by atoms with Crippen LogP contribution in [0.1, 0.15) is 15.9 Å². The molecule has 2 aliphatic heterocycles. The van der Waals surface area contributed by atoms with Crippen molar-refractivity contribution in [3.63, 3.8) is 0 Å². The zero-order valence-corrected chi connectivity index (χ0v) is 11.2. The number of ketones is 1. The zero-order chi connectivity index (χ0) is 14.8. The molecule has 0 aliphatic carbocycles. The van der Waals surface area contributed by atoms with E-state index in [9.17, 15) is 14.0 Å². The molecule has 5 heteroatoms. The van der Waals surface area contributed by atoms with E-state index in [0.717, 1.165) is 16.8 Å². The highest BCUT2D eigenvalue weighted by molar-refractivity contribution is 6.07. The van der Waals surface area contributed by atoms with E-state index in [1.807, 2.05) is 24.3 Å². The highest BCUT2D eigenvalue weighted by atomic mass is 19.1. The number of fused-ring (bicyclic) bond motifs is 2. The Morgan fingerprint density at radius 2 is 1.81 bits per heavy atom. The van der Waals surface area contributed by atoms with Crippen molar-refractivity contribution in [2.75, 3.05) is 17.2 Å². The van der Waals surface area contributed by atoms with Crippen LogP contribution in [0.25, 0.3) is 0 Å². The maximum Gasteiger partial charge on any atom is 0.228 e. The van der Waals surface area contributed by atoms with E-state index in [0.29, 0.717) is 18.7 Å². The molecule has 0 fully saturated rings. The summed E-state index contributed by atoms with van der Waals surface area (Å²) in [6, 6.07) is 12.3. The maximum absolute atomic E-state index is 12.8. The number of para-hydroxylation sites is 2. The Hall–Kier alpha value is -2.69. The van der Waals surface area contributed by atoms with Gasteiger partial charge in [0.15, 0.2) is 5.78 Å². The van der Waals surface area contributed by atoms with Crippen LogP contribution >= 0.6 is 0 Å². The molecule has 4 nitrogen and oxygen atoms in total. The third-order valence-electron chi connectivity index (χ3n) is 3.38. The fourth-order valence-electron chi connectivity index (χ4n) is 2.36. The summed E-state index contributed by atoms with van der Waals surface area (Å²) in [5, 5.41) is 5.45. The van der Waals surface area contributed by atoms with E-state index >= 15 is 0 Å². The van der Waals surface area contributed by atoms with Crippen LogP contribution in [0.5, 0.6) is 0 Å². The second-order valence-corrected chi connectivity index (χ2v) is 4.82. The number of rotatable bonds is 0. The average Bonchev–Trinajstić information content (AvgIpc) is 3.04. The quantitative estimate of drug-likeness (QED) is 0.782. The van der Waals surface area contributed by atoms with Crippen LogP contribution in [-0.4, -0.2) is 18.2 Å². The third-order valence-corrected chi connectivity index (χ3v) is 3.38. The molecule has 21 heavy (non-hydrogen) atoms. The predicted molar refractivity (Wildman–Crippen MR) is 78.0 cm³/mol. The summed E-state index contributed by atoms with van der Waals surface area (Å²) < 4.78 is 12.8. The second-order valence-electron chi connectivity index (χ2n) is 4.82. The van der Waals surface area contributed by atoms with Gasteiger partial charge in [0.25, 0.3) is 0 Å². The van der Waals surface area contributed by atoms with Gasteiger partial charge in [0.05, 0.1) is 18.7 Å². The Bertz CT molecular complexity index is 728. The van der Waals surface area contributed by atoms with Gasteiger partial charge in [0.1, 0.15) is 5.82 Å². The molecule has 2 aliphatic rings. The van der Waals surface area contributed by atoms with E-state index in [1.165, 1.54) is 6.07 Å². The minimum absolute atomic E-state index is 0.134. The Morgan fingerprint density at radius 3 is 2.57 bits per heavy atom. The largest absolute Gasteiger partial charge is 0.377 e. The predicted octanol–water partition coefficient (Wildman–Crippen LogP) is 2.62. The van der Waals surface area contributed by atoms with Crippen molar-refractivity contribution < 1.29 is 14.0 Å². The van der Waals surface area contributed by atoms with Crippen LogP contribution in [0.3, 0.4) is 0 Å². The molecular weight excluding hydrogens is 271 g/mol.